The molecule has 0 saturated carbocycles. The molecule has 0 aromatic rings. The van der Waals surface area contributed by atoms with Gasteiger partial charge in [-0.2, -0.15) is 0 Å². The smallest absolute Gasteiger partial charge is 0.237 e. The molecule has 1 saturated heterocycles. The molecule has 2 unspecified atom stereocenters. The van der Waals surface area contributed by atoms with Crippen LogP contribution in [0.5, 0.6) is 0 Å². The number of hydrogen-bond donors (Lipinski definition) is 2. The average molecular weight is 185 g/mol. The molecule has 3 N–H and O–H groups in total. The highest BCUT2D eigenvalue weighted by Crippen LogP contribution is 2.16. The van der Waals surface area contributed by atoms with Gasteiger partial charge >= 0.3 is 0 Å². The number of nitrogens with zero attached hydrogens (tertiary/aromatic N) is 1. The van der Waals surface area contributed by atoms with Gasteiger partial charge in [0.05, 0.1) is 0 Å². The van der Waals surface area contributed by atoms with E-state index in [9.17, 15) is 4.79 Å². The molecule has 1 aliphatic heterocycles. The summed E-state index contributed by atoms with van der Waals surface area (Å²) in [5, 5.41) is 0. The molecule has 4 nitrogen and oxygen atoms in total. The van der Waals surface area contributed by atoms with Crippen molar-refractivity contribution in [3.05, 3.63) is 0 Å². The summed E-state index contributed by atoms with van der Waals surface area (Å²) in [7, 11) is 0. The van der Waals surface area contributed by atoms with Gasteiger partial charge < -0.3 is 4.90 Å². The Bertz CT molecular complexity index is 184. The van der Waals surface area contributed by atoms with E-state index in [0.29, 0.717) is 0 Å². The van der Waals surface area contributed by atoms with Gasteiger partial charge in [0, 0.05) is 19.0 Å². The first-order chi connectivity index (χ1) is 6.13. The maximum absolute atomic E-state index is 11.1. The predicted octanol–water partition coefficient (Wildman–Crippen LogP) is -0.0458. The first-order valence-electron chi connectivity index (χ1n) is 4.86. The number of likely N-dealkylation sites (tertiary alicyclic amines) is 1. The van der Waals surface area contributed by atoms with Crippen LogP contribution in [-0.4, -0.2) is 30.4 Å². The van der Waals surface area contributed by atoms with E-state index in [1.165, 1.54) is 6.42 Å². The molecule has 13 heavy (non-hydrogen) atoms. The third-order valence-electron chi connectivity index (χ3n) is 2.63. The molecule has 0 spiro atoms. The Hall–Kier alpha value is -0.610. The third kappa shape index (κ3) is 2.97. The van der Waals surface area contributed by atoms with Crippen LogP contribution >= 0.6 is 0 Å². The molecule has 1 heterocycles. The van der Waals surface area contributed by atoms with Gasteiger partial charge in [-0.05, 0) is 18.9 Å². The molecule has 4 heteroatoms. The minimum Gasteiger partial charge on any atom is -0.302 e. The lowest BCUT2D eigenvalue weighted by atomic mass is 10.1. The quantitative estimate of drug-likeness (QED) is 0.368. The first-order valence-corrected chi connectivity index (χ1v) is 4.86. The van der Waals surface area contributed by atoms with Gasteiger partial charge in [-0.25, -0.2) is 5.84 Å². The molecule has 0 aromatic heterocycles. The molecule has 2 atom stereocenters. The van der Waals surface area contributed by atoms with E-state index in [4.69, 9.17) is 5.84 Å². The van der Waals surface area contributed by atoms with Crippen molar-refractivity contribution < 1.29 is 4.79 Å². The fourth-order valence-electron chi connectivity index (χ4n) is 1.80. The van der Waals surface area contributed by atoms with Crippen molar-refractivity contribution >= 4 is 5.91 Å². The summed E-state index contributed by atoms with van der Waals surface area (Å²) in [5.41, 5.74) is 2.18. The van der Waals surface area contributed by atoms with E-state index in [0.717, 1.165) is 25.6 Å². The largest absolute Gasteiger partial charge is 0.302 e. The topological polar surface area (TPSA) is 58.4 Å². The number of carbonyl (C=O) groups excluding carboxylic acids is 1. The van der Waals surface area contributed by atoms with Crippen molar-refractivity contribution in [2.45, 2.75) is 20.3 Å². The summed E-state index contributed by atoms with van der Waals surface area (Å²) < 4.78 is 0. The van der Waals surface area contributed by atoms with E-state index in [-0.39, 0.29) is 11.8 Å². The number of rotatable bonds is 3. The summed E-state index contributed by atoms with van der Waals surface area (Å²) in [4.78, 5) is 13.4. The van der Waals surface area contributed by atoms with Gasteiger partial charge in [0.25, 0.3) is 0 Å². The number of carbonyl (C=O) groups is 1. The first kappa shape index (κ1) is 10.5. The Labute approximate surface area is 79.4 Å². The van der Waals surface area contributed by atoms with Crippen LogP contribution in [0.25, 0.3) is 0 Å². The Morgan fingerprint density at radius 1 is 1.77 bits per heavy atom. The second-order valence-electron chi connectivity index (χ2n) is 4.06. The Balaban J connectivity index is 2.28. The summed E-state index contributed by atoms with van der Waals surface area (Å²) in [5.74, 6) is 5.75. The van der Waals surface area contributed by atoms with Gasteiger partial charge in [-0.1, -0.05) is 13.8 Å². The Kier molecular flexibility index (Phi) is 3.69. The van der Waals surface area contributed by atoms with Crippen LogP contribution in [0.1, 0.15) is 20.3 Å². The van der Waals surface area contributed by atoms with E-state index >= 15 is 0 Å². The van der Waals surface area contributed by atoms with Crippen LogP contribution in [0, 0.1) is 11.8 Å². The molecule has 1 aliphatic rings. The predicted molar refractivity (Wildman–Crippen MR) is 51.7 cm³/mol. The number of amides is 1. The van der Waals surface area contributed by atoms with Crippen LogP contribution in [0.15, 0.2) is 0 Å². The zero-order chi connectivity index (χ0) is 9.84. The lowest BCUT2D eigenvalue weighted by molar-refractivity contribution is -0.125. The second-order valence-corrected chi connectivity index (χ2v) is 4.06. The Morgan fingerprint density at radius 2 is 2.46 bits per heavy atom. The van der Waals surface area contributed by atoms with Crippen molar-refractivity contribution in [1.29, 1.82) is 0 Å². The lowest BCUT2D eigenvalue weighted by Crippen LogP contribution is -2.39. The van der Waals surface area contributed by atoms with Gasteiger partial charge in [-0.15, -0.1) is 0 Å². The highest BCUT2D eigenvalue weighted by atomic mass is 16.2. The van der Waals surface area contributed by atoms with E-state index in [1.807, 2.05) is 6.92 Å². The van der Waals surface area contributed by atoms with Crippen molar-refractivity contribution in [1.82, 2.24) is 10.3 Å². The van der Waals surface area contributed by atoms with Gasteiger partial charge in [0.2, 0.25) is 5.91 Å². The maximum Gasteiger partial charge on any atom is 0.237 e. The van der Waals surface area contributed by atoms with Crippen LogP contribution in [0.2, 0.25) is 0 Å². The fourth-order valence-corrected chi connectivity index (χ4v) is 1.80. The number of nitrogens with two attached hydrogens (primary N) is 1. The zero-order valence-electron chi connectivity index (χ0n) is 8.42. The molecule has 1 amide bonds. The number of nitrogens with one attached hydrogen (secondary N) is 1. The molecular formula is C9H19N3O. The lowest BCUT2D eigenvalue weighted by Gasteiger charge is -2.19. The van der Waals surface area contributed by atoms with Crippen molar-refractivity contribution in [3.63, 3.8) is 0 Å². The molecule has 0 radical (unpaired) electrons. The summed E-state index contributed by atoms with van der Waals surface area (Å²) >= 11 is 0. The second kappa shape index (κ2) is 4.58. The highest BCUT2D eigenvalue weighted by Gasteiger charge is 2.22. The minimum absolute atomic E-state index is 0.00435. The SMILES string of the molecule is CC1CCN(CC(C)C(=O)NN)C1. The summed E-state index contributed by atoms with van der Waals surface area (Å²) in [6.45, 7) is 7.21. The number of hydrogen-bond acceptors (Lipinski definition) is 3. The summed E-state index contributed by atoms with van der Waals surface area (Å²) in [6.07, 6.45) is 1.25. The monoisotopic (exact) mass is 185 g/mol. The molecular weight excluding hydrogens is 166 g/mol. The highest BCUT2D eigenvalue weighted by molar-refractivity contribution is 5.77. The normalized spacial score (nSPS) is 25.9. The van der Waals surface area contributed by atoms with Crippen LogP contribution < -0.4 is 11.3 Å². The molecule has 76 valence electrons. The van der Waals surface area contributed by atoms with Crippen LogP contribution in [-0.2, 0) is 4.79 Å². The minimum atomic E-state index is -0.0699. The molecule has 0 aliphatic carbocycles. The van der Waals surface area contributed by atoms with Crippen LogP contribution in [0.4, 0.5) is 0 Å². The van der Waals surface area contributed by atoms with Gasteiger partial charge in [0.1, 0.15) is 0 Å². The zero-order valence-corrected chi connectivity index (χ0v) is 8.42. The third-order valence-corrected chi connectivity index (χ3v) is 2.63. The van der Waals surface area contributed by atoms with Gasteiger partial charge in [-0.3, -0.25) is 10.2 Å². The van der Waals surface area contributed by atoms with Gasteiger partial charge in [0.15, 0.2) is 0 Å². The van der Waals surface area contributed by atoms with E-state index in [2.05, 4.69) is 17.2 Å². The molecule has 0 aromatic carbocycles. The molecule has 0 bridgehead atoms. The van der Waals surface area contributed by atoms with Crippen molar-refractivity contribution in [2.75, 3.05) is 19.6 Å². The standard InChI is InChI=1S/C9H19N3O/c1-7-3-4-12(5-7)6-8(2)9(13)11-10/h7-8H,3-6,10H2,1-2H3,(H,11,13). The fraction of sp³-hybridized carbons (Fsp3) is 0.889. The Morgan fingerprint density at radius 3 is 2.92 bits per heavy atom. The van der Waals surface area contributed by atoms with Crippen LogP contribution in [0.3, 0.4) is 0 Å². The van der Waals surface area contributed by atoms with Crippen molar-refractivity contribution in [3.8, 4) is 0 Å². The molecule has 1 fully saturated rings. The maximum atomic E-state index is 11.1. The van der Waals surface area contributed by atoms with E-state index < -0.39 is 0 Å². The average Bonchev–Trinajstić information content (AvgIpc) is 2.49. The molecule has 1 rings (SSSR count). The van der Waals surface area contributed by atoms with Crippen molar-refractivity contribution in [2.24, 2.45) is 17.7 Å². The number of hydrazine groups is 1. The summed E-state index contributed by atoms with van der Waals surface area (Å²) in [6, 6.07) is 0. The van der Waals surface area contributed by atoms with E-state index in [1.54, 1.807) is 0 Å².